The summed E-state index contributed by atoms with van der Waals surface area (Å²) in [4.78, 5) is 29.4. The summed E-state index contributed by atoms with van der Waals surface area (Å²) >= 11 is 1.89. The van der Waals surface area contributed by atoms with Gasteiger partial charge in [-0.2, -0.15) is 0 Å². The Labute approximate surface area is 233 Å². The minimum absolute atomic E-state index is 0.143. The molecule has 0 saturated heterocycles. The molecule has 0 spiro atoms. The maximum atomic E-state index is 14.1. The van der Waals surface area contributed by atoms with Crippen LogP contribution in [-0.2, 0) is 35.3 Å². The fourth-order valence-corrected chi connectivity index (χ4v) is 7.26. The Kier molecular flexibility index (Phi) is 7.00. The predicted molar refractivity (Wildman–Crippen MR) is 155 cm³/mol. The SMILES string of the molecule is CCOC(=O)Cc1ccc(NC(=O)N2Cc3c(sc4c3CCCC4)-n3cccc3C2c2cccc(C)c2)cc1. The van der Waals surface area contributed by atoms with E-state index in [0.717, 1.165) is 29.7 Å². The molecule has 0 bridgehead atoms. The number of benzene rings is 2. The minimum atomic E-state index is -0.252. The largest absolute Gasteiger partial charge is 0.466 e. The fourth-order valence-electron chi connectivity index (χ4n) is 5.86. The summed E-state index contributed by atoms with van der Waals surface area (Å²) in [7, 11) is 0. The predicted octanol–water partition coefficient (Wildman–Crippen LogP) is 6.97. The van der Waals surface area contributed by atoms with Crippen molar-refractivity contribution in [2.24, 2.45) is 0 Å². The van der Waals surface area contributed by atoms with Gasteiger partial charge >= 0.3 is 12.0 Å². The Morgan fingerprint density at radius 1 is 1.03 bits per heavy atom. The average Bonchev–Trinajstić information content (AvgIpc) is 3.52. The van der Waals surface area contributed by atoms with Crippen LogP contribution >= 0.6 is 11.3 Å². The molecule has 0 fully saturated rings. The number of fused-ring (bicyclic) bond motifs is 5. The van der Waals surface area contributed by atoms with Gasteiger partial charge in [0, 0.05) is 22.3 Å². The van der Waals surface area contributed by atoms with Crippen LogP contribution in [-0.4, -0.2) is 28.1 Å². The quantitative estimate of drug-likeness (QED) is 0.279. The summed E-state index contributed by atoms with van der Waals surface area (Å²) in [5.74, 6) is -0.252. The van der Waals surface area contributed by atoms with Crippen LogP contribution in [0.2, 0.25) is 0 Å². The van der Waals surface area contributed by atoms with Gasteiger partial charge in [0.25, 0.3) is 0 Å². The van der Waals surface area contributed by atoms with E-state index in [-0.39, 0.29) is 24.5 Å². The zero-order valence-electron chi connectivity index (χ0n) is 22.4. The number of carbonyl (C=O) groups is 2. The normalized spacial score (nSPS) is 16.1. The van der Waals surface area contributed by atoms with Gasteiger partial charge in [-0.3, -0.25) is 4.79 Å². The lowest BCUT2D eigenvalue weighted by Gasteiger charge is -2.31. The van der Waals surface area contributed by atoms with E-state index in [1.54, 1.807) is 6.92 Å². The van der Waals surface area contributed by atoms with Crippen molar-refractivity contribution in [2.45, 2.75) is 58.5 Å². The molecule has 2 aliphatic rings. The number of nitrogens with zero attached hydrogens (tertiary/aromatic N) is 2. The Hall–Kier alpha value is -3.84. The first kappa shape index (κ1) is 25.4. The Balaban J connectivity index is 1.37. The molecule has 200 valence electrons. The summed E-state index contributed by atoms with van der Waals surface area (Å²) in [6, 6.07) is 19.8. The van der Waals surface area contributed by atoms with Crippen LogP contribution in [0.4, 0.5) is 10.5 Å². The molecule has 1 unspecified atom stereocenters. The van der Waals surface area contributed by atoms with Crippen LogP contribution in [0, 0.1) is 6.92 Å². The molecule has 1 atom stereocenters. The number of anilines is 1. The molecular formula is C32H33N3O3S. The van der Waals surface area contributed by atoms with Crippen LogP contribution in [0.15, 0.2) is 66.9 Å². The van der Waals surface area contributed by atoms with Crippen molar-refractivity contribution in [1.82, 2.24) is 9.47 Å². The van der Waals surface area contributed by atoms with Crippen LogP contribution in [0.1, 0.15) is 64.2 Å². The second kappa shape index (κ2) is 10.7. The molecule has 6 nitrogen and oxygen atoms in total. The molecule has 3 heterocycles. The maximum Gasteiger partial charge on any atom is 0.322 e. The molecule has 2 aromatic heterocycles. The van der Waals surface area contributed by atoms with Crippen molar-refractivity contribution >= 4 is 29.0 Å². The third-order valence-electron chi connectivity index (χ3n) is 7.66. The first-order valence-electron chi connectivity index (χ1n) is 13.7. The van der Waals surface area contributed by atoms with Crippen LogP contribution in [0.25, 0.3) is 5.00 Å². The molecule has 1 aliphatic heterocycles. The number of aryl methyl sites for hydroxylation is 2. The van der Waals surface area contributed by atoms with Gasteiger partial charge in [-0.15, -0.1) is 11.3 Å². The third kappa shape index (κ3) is 4.99. The highest BCUT2D eigenvalue weighted by Gasteiger charge is 2.36. The van der Waals surface area contributed by atoms with E-state index >= 15 is 0 Å². The molecule has 2 amide bonds. The molecule has 7 heteroatoms. The van der Waals surface area contributed by atoms with Crippen molar-refractivity contribution in [3.05, 3.63) is 105 Å². The Morgan fingerprint density at radius 2 is 1.85 bits per heavy atom. The monoisotopic (exact) mass is 539 g/mol. The van der Waals surface area contributed by atoms with E-state index in [4.69, 9.17) is 4.74 Å². The lowest BCUT2D eigenvalue weighted by molar-refractivity contribution is -0.142. The summed E-state index contributed by atoms with van der Waals surface area (Å²) in [5, 5.41) is 4.40. The number of amides is 2. The first-order chi connectivity index (χ1) is 19.0. The van der Waals surface area contributed by atoms with Crippen LogP contribution < -0.4 is 5.32 Å². The van der Waals surface area contributed by atoms with Gasteiger partial charge < -0.3 is 19.5 Å². The van der Waals surface area contributed by atoms with Gasteiger partial charge in [0.05, 0.1) is 31.3 Å². The Bertz CT molecular complexity index is 1520. The number of nitrogens with one attached hydrogen (secondary N) is 1. The topological polar surface area (TPSA) is 63.6 Å². The summed E-state index contributed by atoms with van der Waals surface area (Å²) in [5.41, 5.74) is 7.62. The van der Waals surface area contributed by atoms with Gasteiger partial charge in [-0.1, -0.05) is 42.0 Å². The van der Waals surface area contributed by atoms with E-state index < -0.39 is 0 Å². The number of esters is 1. The van der Waals surface area contributed by atoms with E-state index in [1.807, 2.05) is 40.5 Å². The van der Waals surface area contributed by atoms with Crippen molar-refractivity contribution in [1.29, 1.82) is 0 Å². The molecular weight excluding hydrogens is 506 g/mol. The molecule has 1 aliphatic carbocycles. The lowest BCUT2D eigenvalue weighted by atomic mass is 9.95. The smallest absolute Gasteiger partial charge is 0.322 e. The highest BCUT2D eigenvalue weighted by atomic mass is 32.1. The van der Waals surface area contributed by atoms with Crippen LogP contribution in [0.3, 0.4) is 0 Å². The zero-order valence-corrected chi connectivity index (χ0v) is 23.2. The van der Waals surface area contributed by atoms with Crippen molar-refractivity contribution < 1.29 is 14.3 Å². The number of aromatic nitrogens is 1. The summed E-state index contributed by atoms with van der Waals surface area (Å²) in [6.07, 6.45) is 6.97. The minimum Gasteiger partial charge on any atom is -0.466 e. The van der Waals surface area contributed by atoms with Crippen molar-refractivity contribution in [3.63, 3.8) is 0 Å². The van der Waals surface area contributed by atoms with E-state index in [9.17, 15) is 9.59 Å². The van der Waals surface area contributed by atoms with E-state index in [0.29, 0.717) is 18.8 Å². The Morgan fingerprint density at radius 3 is 2.64 bits per heavy atom. The number of carbonyl (C=O) groups excluding carboxylic acids is 2. The van der Waals surface area contributed by atoms with Gasteiger partial charge in [0.15, 0.2) is 0 Å². The maximum absolute atomic E-state index is 14.1. The van der Waals surface area contributed by atoms with Gasteiger partial charge in [0.1, 0.15) is 5.00 Å². The molecule has 6 rings (SSSR count). The first-order valence-corrected chi connectivity index (χ1v) is 14.5. The second-order valence-corrected chi connectivity index (χ2v) is 11.4. The molecule has 2 aromatic carbocycles. The highest BCUT2D eigenvalue weighted by Crippen LogP contribution is 2.44. The number of thiophene rings is 1. The van der Waals surface area contributed by atoms with Crippen LogP contribution in [0.5, 0.6) is 0 Å². The molecule has 39 heavy (non-hydrogen) atoms. The highest BCUT2D eigenvalue weighted by molar-refractivity contribution is 7.15. The number of hydrogen-bond acceptors (Lipinski definition) is 4. The fraction of sp³-hybridized carbons (Fsp3) is 0.312. The molecule has 4 aromatic rings. The van der Waals surface area contributed by atoms with E-state index in [2.05, 4.69) is 59.4 Å². The average molecular weight is 540 g/mol. The number of ether oxygens (including phenoxy) is 1. The molecule has 0 saturated carbocycles. The standard InChI is InChI=1S/C32H33N3O3S/c1-3-38-29(36)19-22-13-15-24(16-14-22)33-32(37)35-20-26-25-10-4-5-12-28(25)39-31(26)34-17-7-11-27(34)30(35)23-9-6-8-21(2)18-23/h6-9,11,13-18,30H,3-5,10,12,19-20H2,1-2H3,(H,33,37). The number of urea groups is 1. The van der Waals surface area contributed by atoms with Gasteiger partial charge in [-0.25, -0.2) is 4.79 Å². The number of rotatable bonds is 5. The zero-order chi connectivity index (χ0) is 26.9. The number of hydrogen-bond donors (Lipinski definition) is 1. The summed E-state index contributed by atoms with van der Waals surface area (Å²) < 4.78 is 7.37. The van der Waals surface area contributed by atoms with E-state index in [1.165, 1.54) is 39.4 Å². The van der Waals surface area contributed by atoms with Crippen molar-refractivity contribution in [3.8, 4) is 5.00 Å². The second-order valence-electron chi connectivity index (χ2n) is 10.4. The molecule has 0 radical (unpaired) electrons. The molecule has 1 N–H and O–H groups in total. The van der Waals surface area contributed by atoms with Gasteiger partial charge in [0.2, 0.25) is 0 Å². The third-order valence-corrected chi connectivity index (χ3v) is 8.99. The van der Waals surface area contributed by atoms with Crippen molar-refractivity contribution in [2.75, 3.05) is 11.9 Å². The summed E-state index contributed by atoms with van der Waals surface area (Å²) in [6.45, 7) is 4.81. The van der Waals surface area contributed by atoms with Gasteiger partial charge in [-0.05, 0) is 80.5 Å². The lowest BCUT2D eigenvalue weighted by Crippen LogP contribution is -2.38.